The number of hydrogen-bond donors (Lipinski definition) is 1. The third-order valence-electron chi connectivity index (χ3n) is 3.22. The Bertz CT molecular complexity index is 641. The largest absolute Gasteiger partial charge is 0.497 e. The molecule has 0 fully saturated rings. The zero-order valence-electron chi connectivity index (χ0n) is 12.6. The molecule has 0 unspecified atom stereocenters. The smallest absolute Gasteiger partial charge is 0.235 e. The second-order valence-electron chi connectivity index (χ2n) is 4.82. The standard InChI is InChI=1S/C16H19NO3S2/c1-12(16(18)17-10-15-7-4-8-21-15)22(19)11-13-5-3-6-14(9-13)20-2/h3-9,12H,10-11H2,1-2H3,(H,17,18)/t12-,22-/m0/s1. The molecule has 2 rings (SSSR count). The molecule has 2 aromatic rings. The summed E-state index contributed by atoms with van der Waals surface area (Å²) < 4.78 is 17.5. The number of nitrogens with one attached hydrogen (secondary N) is 1. The van der Waals surface area contributed by atoms with E-state index in [2.05, 4.69) is 5.32 Å². The molecule has 2 atom stereocenters. The van der Waals surface area contributed by atoms with Crippen LogP contribution < -0.4 is 10.1 Å². The Kier molecular flexibility index (Phi) is 6.15. The number of benzene rings is 1. The lowest BCUT2D eigenvalue weighted by atomic mass is 10.2. The highest BCUT2D eigenvalue weighted by molar-refractivity contribution is 7.85. The maximum absolute atomic E-state index is 12.3. The van der Waals surface area contributed by atoms with Crippen molar-refractivity contribution in [2.45, 2.75) is 24.5 Å². The molecule has 0 bridgehead atoms. The van der Waals surface area contributed by atoms with Crippen LogP contribution in [0.15, 0.2) is 41.8 Å². The summed E-state index contributed by atoms with van der Waals surface area (Å²) in [5.41, 5.74) is 0.899. The Morgan fingerprint density at radius 1 is 1.36 bits per heavy atom. The topological polar surface area (TPSA) is 55.4 Å². The summed E-state index contributed by atoms with van der Waals surface area (Å²) in [5, 5.41) is 4.24. The van der Waals surface area contributed by atoms with Crippen molar-refractivity contribution in [3.8, 4) is 5.75 Å². The van der Waals surface area contributed by atoms with Crippen LogP contribution >= 0.6 is 11.3 Å². The average molecular weight is 337 g/mol. The summed E-state index contributed by atoms with van der Waals surface area (Å²) in [6.07, 6.45) is 0. The molecule has 1 aromatic heterocycles. The van der Waals surface area contributed by atoms with Gasteiger partial charge in [-0.05, 0) is 36.1 Å². The van der Waals surface area contributed by atoms with Gasteiger partial charge in [-0.1, -0.05) is 18.2 Å². The maximum atomic E-state index is 12.3. The number of rotatable bonds is 7. The third kappa shape index (κ3) is 4.68. The monoisotopic (exact) mass is 337 g/mol. The Balaban J connectivity index is 1.89. The first kappa shape index (κ1) is 16.7. The van der Waals surface area contributed by atoms with Crippen molar-refractivity contribution < 1.29 is 13.7 Å². The van der Waals surface area contributed by atoms with E-state index in [1.807, 2.05) is 41.8 Å². The quantitative estimate of drug-likeness (QED) is 0.845. The van der Waals surface area contributed by atoms with Gasteiger partial charge in [0.25, 0.3) is 0 Å². The molecule has 1 amide bonds. The summed E-state index contributed by atoms with van der Waals surface area (Å²) >= 11 is 1.59. The number of amides is 1. The second kappa shape index (κ2) is 8.10. The van der Waals surface area contributed by atoms with Crippen molar-refractivity contribution in [1.29, 1.82) is 0 Å². The first-order chi connectivity index (χ1) is 10.6. The van der Waals surface area contributed by atoms with Crippen LogP contribution in [0.4, 0.5) is 0 Å². The number of carbonyl (C=O) groups is 1. The van der Waals surface area contributed by atoms with Crippen molar-refractivity contribution in [3.05, 3.63) is 52.2 Å². The number of methoxy groups -OCH3 is 1. The van der Waals surface area contributed by atoms with Gasteiger partial charge in [0.2, 0.25) is 5.91 Å². The molecule has 0 spiro atoms. The predicted octanol–water partition coefficient (Wildman–Crippen LogP) is 2.71. The molecular formula is C16H19NO3S2. The molecule has 4 nitrogen and oxygen atoms in total. The minimum atomic E-state index is -1.27. The number of thiophene rings is 1. The van der Waals surface area contributed by atoms with Crippen LogP contribution in [0.25, 0.3) is 0 Å². The molecule has 6 heteroatoms. The Morgan fingerprint density at radius 2 is 2.18 bits per heavy atom. The number of carbonyl (C=O) groups excluding carboxylic acids is 1. The minimum Gasteiger partial charge on any atom is -0.497 e. The molecule has 1 aromatic carbocycles. The molecule has 1 heterocycles. The van der Waals surface area contributed by atoms with E-state index in [9.17, 15) is 9.00 Å². The van der Waals surface area contributed by atoms with Crippen molar-refractivity contribution in [3.63, 3.8) is 0 Å². The van der Waals surface area contributed by atoms with Crippen LogP contribution in [0.3, 0.4) is 0 Å². The molecule has 1 N–H and O–H groups in total. The van der Waals surface area contributed by atoms with Crippen LogP contribution in [-0.2, 0) is 27.9 Å². The average Bonchev–Trinajstić information content (AvgIpc) is 3.05. The molecule has 22 heavy (non-hydrogen) atoms. The van der Waals surface area contributed by atoms with Gasteiger partial charge in [-0.25, -0.2) is 0 Å². The van der Waals surface area contributed by atoms with Crippen molar-refractivity contribution in [1.82, 2.24) is 5.32 Å². The molecule has 0 aliphatic rings. The van der Waals surface area contributed by atoms with E-state index in [-0.39, 0.29) is 5.91 Å². The van der Waals surface area contributed by atoms with E-state index in [0.717, 1.165) is 16.2 Å². The first-order valence-corrected chi connectivity index (χ1v) is 9.16. The van der Waals surface area contributed by atoms with Crippen LogP contribution in [0.2, 0.25) is 0 Å². The van der Waals surface area contributed by atoms with E-state index in [4.69, 9.17) is 4.74 Å². The molecule has 0 saturated heterocycles. The summed E-state index contributed by atoms with van der Waals surface area (Å²) in [4.78, 5) is 13.2. The predicted molar refractivity (Wildman–Crippen MR) is 90.5 cm³/mol. The minimum absolute atomic E-state index is 0.186. The highest BCUT2D eigenvalue weighted by Crippen LogP contribution is 2.15. The molecule has 0 aliphatic heterocycles. The van der Waals surface area contributed by atoms with Crippen molar-refractivity contribution >= 4 is 28.0 Å². The Hall–Kier alpha value is -1.66. The SMILES string of the molecule is COc1cccc(C[S@](=O)[C@@H](C)C(=O)NCc2cccs2)c1. The van der Waals surface area contributed by atoms with Gasteiger partial charge in [0.1, 0.15) is 11.0 Å². The van der Waals surface area contributed by atoms with Crippen LogP contribution in [0.5, 0.6) is 5.75 Å². The summed E-state index contributed by atoms with van der Waals surface area (Å²) in [7, 11) is 0.325. The van der Waals surface area contributed by atoms with Crippen LogP contribution in [-0.4, -0.2) is 22.5 Å². The highest BCUT2D eigenvalue weighted by atomic mass is 32.2. The number of ether oxygens (including phenoxy) is 1. The lowest BCUT2D eigenvalue weighted by Gasteiger charge is -2.12. The van der Waals surface area contributed by atoms with E-state index in [1.165, 1.54) is 0 Å². The van der Waals surface area contributed by atoms with Gasteiger partial charge in [0.05, 0.1) is 13.7 Å². The third-order valence-corrected chi connectivity index (χ3v) is 5.72. The van der Waals surface area contributed by atoms with Gasteiger partial charge in [-0.2, -0.15) is 0 Å². The van der Waals surface area contributed by atoms with Gasteiger partial charge in [-0.3, -0.25) is 9.00 Å². The Morgan fingerprint density at radius 3 is 2.86 bits per heavy atom. The lowest BCUT2D eigenvalue weighted by molar-refractivity contribution is -0.120. The fourth-order valence-electron chi connectivity index (χ4n) is 1.90. The zero-order valence-corrected chi connectivity index (χ0v) is 14.2. The van der Waals surface area contributed by atoms with Gasteiger partial charge >= 0.3 is 0 Å². The Labute approximate surface area is 137 Å². The van der Waals surface area contributed by atoms with E-state index in [1.54, 1.807) is 25.4 Å². The lowest BCUT2D eigenvalue weighted by Crippen LogP contribution is -2.35. The van der Waals surface area contributed by atoms with Gasteiger partial charge in [-0.15, -0.1) is 11.3 Å². The fraction of sp³-hybridized carbons (Fsp3) is 0.312. The normalized spacial score (nSPS) is 13.4. The zero-order chi connectivity index (χ0) is 15.9. The van der Waals surface area contributed by atoms with Gasteiger partial charge in [0, 0.05) is 21.4 Å². The van der Waals surface area contributed by atoms with Gasteiger partial charge < -0.3 is 10.1 Å². The number of hydrogen-bond acceptors (Lipinski definition) is 4. The van der Waals surface area contributed by atoms with Crippen molar-refractivity contribution in [2.75, 3.05) is 7.11 Å². The van der Waals surface area contributed by atoms with E-state index in [0.29, 0.717) is 12.3 Å². The maximum Gasteiger partial charge on any atom is 0.235 e. The molecule has 0 aliphatic carbocycles. The summed E-state index contributed by atoms with van der Waals surface area (Å²) in [6, 6.07) is 11.3. The highest BCUT2D eigenvalue weighted by Gasteiger charge is 2.20. The summed E-state index contributed by atoms with van der Waals surface area (Å²) in [5.74, 6) is 0.879. The first-order valence-electron chi connectivity index (χ1n) is 6.90. The molecule has 0 saturated carbocycles. The van der Waals surface area contributed by atoms with Gasteiger partial charge in [0.15, 0.2) is 0 Å². The van der Waals surface area contributed by atoms with Crippen molar-refractivity contribution in [2.24, 2.45) is 0 Å². The fourth-order valence-corrected chi connectivity index (χ4v) is 3.63. The second-order valence-corrected chi connectivity index (χ2v) is 7.61. The van der Waals surface area contributed by atoms with E-state index >= 15 is 0 Å². The molecule has 0 radical (unpaired) electrons. The molecular weight excluding hydrogens is 318 g/mol. The van der Waals surface area contributed by atoms with Crippen LogP contribution in [0, 0.1) is 0 Å². The molecule has 118 valence electrons. The van der Waals surface area contributed by atoms with E-state index < -0.39 is 16.0 Å². The van der Waals surface area contributed by atoms with Crippen LogP contribution in [0.1, 0.15) is 17.4 Å². The summed E-state index contributed by atoms with van der Waals surface area (Å²) in [6.45, 7) is 2.18.